The molecule has 0 amide bonds. The van der Waals surface area contributed by atoms with Crippen LogP contribution in [0.3, 0.4) is 0 Å². The number of rotatable bonds is 3. The second kappa shape index (κ2) is 4.70. The number of fused-ring (bicyclic) bond motifs is 1. The summed E-state index contributed by atoms with van der Waals surface area (Å²) in [6.07, 6.45) is 2.86. The number of hydrogen-bond donors (Lipinski definition) is 2. The van der Waals surface area contributed by atoms with Crippen molar-refractivity contribution in [1.82, 2.24) is 0 Å². The van der Waals surface area contributed by atoms with Crippen LogP contribution in [0.2, 0.25) is 0 Å². The van der Waals surface area contributed by atoms with Crippen molar-refractivity contribution in [2.75, 3.05) is 0 Å². The van der Waals surface area contributed by atoms with Crippen LogP contribution in [0.4, 0.5) is 0 Å². The first-order chi connectivity index (χ1) is 8.24. The summed E-state index contributed by atoms with van der Waals surface area (Å²) in [5.74, 6) is -0.942. The molecule has 0 saturated heterocycles. The average Bonchev–Trinajstić information content (AvgIpc) is 2.35. The molecule has 0 aliphatic rings. The summed E-state index contributed by atoms with van der Waals surface area (Å²) in [6.45, 7) is 0. The third-order valence-electron chi connectivity index (χ3n) is 2.67. The fraction of sp³-hybridized carbons (Fsp3) is 0.0714. The van der Waals surface area contributed by atoms with Crippen molar-refractivity contribution in [3.8, 4) is 0 Å². The highest BCUT2D eigenvalue weighted by atomic mass is 16.4. The topological polar surface area (TPSA) is 57.5 Å². The van der Waals surface area contributed by atoms with Gasteiger partial charge in [-0.1, -0.05) is 36.4 Å². The van der Waals surface area contributed by atoms with Crippen molar-refractivity contribution >= 4 is 16.7 Å². The van der Waals surface area contributed by atoms with Crippen molar-refractivity contribution in [3.63, 3.8) is 0 Å². The van der Waals surface area contributed by atoms with Crippen LogP contribution < -0.4 is 0 Å². The summed E-state index contributed by atoms with van der Waals surface area (Å²) < 4.78 is 0. The standard InChI is InChI=1S/C14H12O3/c15-9-3-5-11-8-7-10-4-1-2-6-12(10)13(11)14(16)17/h1-4,6-9,15H,5H2,(H,16,17). The Kier molecular flexibility index (Phi) is 3.10. The van der Waals surface area contributed by atoms with E-state index in [1.165, 1.54) is 6.08 Å². The summed E-state index contributed by atoms with van der Waals surface area (Å²) in [5.41, 5.74) is 1.00. The third kappa shape index (κ3) is 2.13. The van der Waals surface area contributed by atoms with Crippen LogP contribution in [0.15, 0.2) is 48.7 Å². The zero-order valence-corrected chi connectivity index (χ0v) is 9.13. The van der Waals surface area contributed by atoms with Crippen LogP contribution in [0.25, 0.3) is 10.8 Å². The molecule has 17 heavy (non-hydrogen) atoms. The Morgan fingerprint density at radius 1 is 1.18 bits per heavy atom. The molecule has 86 valence electrons. The Morgan fingerprint density at radius 2 is 1.94 bits per heavy atom. The minimum atomic E-state index is -0.942. The van der Waals surface area contributed by atoms with Crippen LogP contribution in [-0.4, -0.2) is 16.2 Å². The molecular weight excluding hydrogens is 216 g/mol. The lowest BCUT2D eigenvalue weighted by Crippen LogP contribution is -2.03. The van der Waals surface area contributed by atoms with E-state index in [4.69, 9.17) is 5.11 Å². The molecule has 0 aromatic heterocycles. The predicted molar refractivity (Wildman–Crippen MR) is 66.4 cm³/mol. The number of benzene rings is 2. The number of carboxylic acids is 1. The van der Waals surface area contributed by atoms with Gasteiger partial charge in [0.1, 0.15) is 0 Å². The molecule has 0 aliphatic heterocycles. The molecule has 0 spiro atoms. The Bertz CT molecular complexity index is 585. The van der Waals surface area contributed by atoms with E-state index in [0.717, 1.165) is 17.0 Å². The van der Waals surface area contributed by atoms with Gasteiger partial charge in [-0.25, -0.2) is 4.79 Å². The van der Waals surface area contributed by atoms with Gasteiger partial charge >= 0.3 is 5.97 Å². The molecule has 0 heterocycles. The molecule has 0 aliphatic carbocycles. The number of aliphatic hydroxyl groups is 1. The minimum Gasteiger partial charge on any atom is -0.516 e. The largest absolute Gasteiger partial charge is 0.516 e. The lowest BCUT2D eigenvalue weighted by atomic mass is 9.97. The monoisotopic (exact) mass is 228 g/mol. The van der Waals surface area contributed by atoms with Gasteiger partial charge in [0.05, 0.1) is 11.8 Å². The van der Waals surface area contributed by atoms with Gasteiger partial charge in [0.25, 0.3) is 0 Å². The van der Waals surface area contributed by atoms with Gasteiger partial charge in [0.15, 0.2) is 0 Å². The maximum Gasteiger partial charge on any atom is 0.336 e. The fourth-order valence-corrected chi connectivity index (χ4v) is 1.92. The van der Waals surface area contributed by atoms with Crippen molar-refractivity contribution in [1.29, 1.82) is 0 Å². The first-order valence-corrected chi connectivity index (χ1v) is 5.27. The van der Waals surface area contributed by atoms with Crippen LogP contribution in [0, 0.1) is 0 Å². The molecule has 0 radical (unpaired) electrons. The summed E-state index contributed by atoms with van der Waals surface area (Å²) in [7, 11) is 0. The zero-order valence-electron chi connectivity index (χ0n) is 9.13. The van der Waals surface area contributed by atoms with Crippen LogP contribution >= 0.6 is 0 Å². The second-order valence-corrected chi connectivity index (χ2v) is 3.71. The lowest BCUT2D eigenvalue weighted by Gasteiger charge is -2.07. The molecule has 2 rings (SSSR count). The molecule has 3 heteroatoms. The highest BCUT2D eigenvalue weighted by Gasteiger charge is 2.12. The van der Waals surface area contributed by atoms with Gasteiger partial charge in [0.2, 0.25) is 0 Å². The van der Waals surface area contributed by atoms with Crippen molar-refractivity contribution in [2.24, 2.45) is 0 Å². The number of carbonyl (C=O) groups is 1. The number of aromatic carboxylic acids is 1. The molecule has 2 N–H and O–H groups in total. The molecule has 2 aromatic carbocycles. The molecule has 0 atom stereocenters. The smallest absolute Gasteiger partial charge is 0.336 e. The quantitative estimate of drug-likeness (QED) is 0.793. The number of hydrogen-bond acceptors (Lipinski definition) is 2. The van der Waals surface area contributed by atoms with Gasteiger partial charge in [0, 0.05) is 0 Å². The van der Waals surface area contributed by atoms with Gasteiger partial charge in [-0.2, -0.15) is 0 Å². The van der Waals surface area contributed by atoms with Crippen LogP contribution in [0.1, 0.15) is 15.9 Å². The van der Waals surface area contributed by atoms with Gasteiger partial charge in [-0.05, 0) is 28.8 Å². The van der Waals surface area contributed by atoms with Crippen molar-refractivity contribution < 1.29 is 15.0 Å². The highest BCUT2D eigenvalue weighted by molar-refractivity contribution is 6.05. The number of carboxylic acid groups (broad SMARTS) is 1. The fourth-order valence-electron chi connectivity index (χ4n) is 1.92. The van der Waals surface area contributed by atoms with E-state index in [0.29, 0.717) is 17.5 Å². The summed E-state index contributed by atoms with van der Waals surface area (Å²) in [4.78, 5) is 11.3. The summed E-state index contributed by atoms with van der Waals surface area (Å²) >= 11 is 0. The van der Waals surface area contributed by atoms with E-state index in [2.05, 4.69) is 0 Å². The van der Waals surface area contributed by atoms with Gasteiger partial charge in [-0.15, -0.1) is 0 Å². The second-order valence-electron chi connectivity index (χ2n) is 3.71. The van der Waals surface area contributed by atoms with Crippen molar-refractivity contribution in [2.45, 2.75) is 6.42 Å². The maximum absolute atomic E-state index is 11.3. The summed E-state index contributed by atoms with van der Waals surface area (Å²) in [6, 6.07) is 11.0. The Morgan fingerprint density at radius 3 is 2.65 bits per heavy atom. The molecule has 0 saturated carbocycles. The van der Waals surface area contributed by atoms with Crippen LogP contribution in [-0.2, 0) is 6.42 Å². The first-order valence-electron chi connectivity index (χ1n) is 5.27. The Hall–Kier alpha value is -2.29. The minimum absolute atomic E-state index is 0.307. The number of aliphatic hydroxyl groups excluding tert-OH is 1. The summed E-state index contributed by atoms with van der Waals surface area (Å²) in [5, 5.41) is 19.5. The Balaban J connectivity index is 2.68. The first kappa shape index (κ1) is 11.2. The van der Waals surface area contributed by atoms with E-state index < -0.39 is 5.97 Å². The molecule has 2 aromatic rings. The molecular formula is C14H12O3. The number of allylic oxidation sites excluding steroid dienone is 1. The predicted octanol–water partition coefficient (Wildman–Crippen LogP) is 3.15. The van der Waals surface area contributed by atoms with E-state index in [-0.39, 0.29) is 0 Å². The molecule has 3 nitrogen and oxygen atoms in total. The maximum atomic E-state index is 11.3. The molecule has 0 bridgehead atoms. The van der Waals surface area contributed by atoms with E-state index in [1.807, 2.05) is 24.3 Å². The SMILES string of the molecule is O=C(O)c1c(CC=CO)ccc2ccccc12. The average molecular weight is 228 g/mol. The molecule has 0 unspecified atom stereocenters. The van der Waals surface area contributed by atoms with E-state index in [9.17, 15) is 9.90 Å². The van der Waals surface area contributed by atoms with Gasteiger partial charge < -0.3 is 10.2 Å². The van der Waals surface area contributed by atoms with E-state index in [1.54, 1.807) is 12.1 Å². The Labute approximate surface area is 98.6 Å². The third-order valence-corrected chi connectivity index (χ3v) is 2.67. The van der Waals surface area contributed by atoms with Crippen LogP contribution in [0.5, 0.6) is 0 Å². The van der Waals surface area contributed by atoms with Crippen molar-refractivity contribution in [3.05, 3.63) is 59.9 Å². The zero-order chi connectivity index (χ0) is 12.3. The lowest BCUT2D eigenvalue weighted by molar-refractivity contribution is 0.0698. The highest BCUT2D eigenvalue weighted by Crippen LogP contribution is 2.23. The van der Waals surface area contributed by atoms with Gasteiger partial charge in [-0.3, -0.25) is 0 Å². The molecule has 0 fully saturated rings. The normalized spacial score (nSPS) is 11.1. The van der Waals surface area contributed by atoms with E-state index >= 15 is 0 Å².